The fourth-order valence-electron chi connectivity index (χ4n) is 2.99. The Balaban J connectivity index is 1.56. The van der Waals surface area contributed by atoms with Crippen LogP contribution >= 0.6 is 11.6 Å². The smallest absolute Gasteiger partial charge is 0.268 e. The van der Waals surface area contributed by atoms with Crippen LogP contribution in [-0.4, -0.2) is 26.7 Å². The number of aliphatic hydroxyl groups excluding tert-OH is 1. The van der Waals surface area contributed by atoms with E-state index in [0.29, 0.717) is 13.0 Å². The Kier molecular flexibility index (Phi) is 5.36. The number of hydrogen-bond acceptors (Lipinski definition) is 3. The van der Waals surface area contributed by atoms with Gasteiger partial charge in [0.05, 0.1) is 12.4 Å². The van der Waals surface area contributed by atoms with Gasteiger partial charge in [-0.2, -0.15) is 0 Å². The van der Waals surface area contributed by atoms with Crippen LogP contribution in [0.5, 0.6) is 0 Å². The summed E-state index contributed by atoms with van der Waals surface area (Å²) in [6.07, 6.45) is 4.97. The number of hydrogen-bond donors (Lipinski definition) is 2. The predicted octanol–water partition coefficient (Wildman–Crippen LogP) is 3.17. The number of imidazole rings is 1. The summed E-state index contributed by atoms with van der Waals surface area (Å²) < 4.78 is 1.69. The number of nitrogens with two attached hydrogens (primary N) is 1. The highest BCUT2D eigenvalue weighted by molar-refractivity contribution is 6.31. The lowest BCUT2D eigenvalue weighted by molar-refractivity contribution is 0.0995. The highest BCUT2D eigenvalue weighted by atomic mass is 35.5. The second kappa shape index (κ2) is 7.68. The van der Waals surface area contributed by atoms with Crippen molar-refractivity contribution in [1.82, 2.24) is 9.55 Å². The lowest BCUT2D eigenvalue weighted by atomic mass is 9.99. The van der Waals surface area contributed by atoms with Gasteiger partial charge in [0.1, 0.15) is 5.69 Å². The fourth-order valence-corrected chi connectivity index (χ4v) is 3.17. The van der Waals surface area contributed by atoms with E-state index in [4.69, 9.17) is 17.3 Å². The van der Waals surface area contributed by atoms with Gasteiger partial charge in [-0.05, 0) is 47.7 Å². The van der Waals surface area contributed by atoms with Crippen molar-refractivity contribution in [2.24, 2.45) is 5.73 Å². The Bertz CT molecular complexity index is 891. The number of carbonyl (C=O) groups excluding carboxylic acids is 1. The number of primary amides is 1. The zero-order chi connectivity index (χ0) is 17.8. The predicted molar refractivity (Wildman–Crippen MR) is 98.6 cm³/mol. The molecule has 0 saturated heterocycles. The second-order valence-electron chi connectivity index (χ2n) is 6.15. The highest BCUT2D eigenvalue weighted by Gasteiger charge is 2.09. The fraction of sp³-hybridized carbons (Fsp3) is 0.263. The van der Waals surface area contributed by atoms with Crippen molar-refractivity contribution in [2.45, 2.75) is 31.9 Å². The number of fused-ring (bicyclic) bond motifs is 1. The first-order valence-electron chi connectivity index (χ1n) is 8.20. The third kappa shape index (κ3) is 4.38. The molecule has 130 valence electrons. The number of aryl methyl sites for hydroxylation is 1. The van der Waals surface area contributed by atoms with Crippen molar-refractivity contribution >= 4 is 28.3 Å². The van der Waals surface area contributed by atoms with E-state index in [1.54, 1.807) is 10.8 Å². The van der Waals surface area contributed by atoms with Crippen LogP contribution < -0.4 is 5.73 Å². The monoisotopic (exact) mass is 357 g/mol. The number of amides is 1. The van der Waals surface area contributed by atoms with Crippen LogP contribution in [0.25, 0.3) is 10.8 Å². The van der Waals surface area contributed by atoms with Crippen molar-refractivity contribution in [1.29, 1.82) is 0 Å². The molecule has 25 heavy (non-hydrogen) atoms. The number of nitrogens with zero attached hydrogens (tertiary/aromatic N) is 2. The molecule has 0 saturated carbocycles. The van der Waals surface area contributed by atoms with Crippen molar-refractivity contribution < 1.29 is 9.90 Å². The molecule has 0 aliphatic heterocycles. The van der Waals surface area contributed by atoms with Gasteiger partial charge in [-0.25, -0.2) is 4.98 Å². The Morgan fingerprint density at radius 2 is 2.16 bits per heavy atom. The topological polar surface area (TPSA) is 81.1 Å². The van der Waals surface area contributed by atoms with Gasteiger partial charge in [-0.15, -0.1) is 0 Å². The number of aromatic nitrogens is 2. The van der Waals surface area contributed by atoms with E-state index >= 15 is 0 Å². The van der Waals surface area contributed by atoms with Gasteiger partial charge in [0, 0.05) is 17.8 Å². The Morgan fingerprint density at radius 3 is 2.92 bits per heavy atom. The van der Waals surface area contributed by atoms with Crippen LogP contribution in [-0.2, 0) is 13.0 Å². The Hall–Kier alpha value is -2.37. The first kappa shape index (κ1) is 17.5. The molecule has 5 nitrogen and oxygen atoms in total. The van der Waals surface area contributed by atoms with Crippen LogP contribution in [0.1, 0.15) is 28.9 Å². The molecule has 0 spiro atoms. The number of aliphatic hydroxyl groups is 1. The average Bonchev–Trinajstić information content (AvgIpc) is 3.03. The summed E-state index contributed by atoms with van der Waals surface area (Å²) in [5.74, 6) is -0.565. The molecule has 1 heterocycles. The molecule has 0 unspecified atom stereocenters. The quantitative estimate of drug-likeness (QED) is 0.681. The Morgan fingerprint density at radius 1 is 1.32 bits per heavy atom. The summed E-state index contributed by atoms with van der Waals surface area (Å²) in [5, 5.41) is 13.3. The summed E-state index contributed by atoms with van der Waals surface area (Å²) in [7, 11) is 0. The standard InChI is InChI=1S/C19H20ClN3O2/c20-15-7-8-17-13(3-1-5-14(17)9-15)4-2-6-16(24)10-23-11-18(19(21)25)22-12-23/h1,3,5,7-9,11-12,16,24H,2,4,6,10H2,(H2,21,25)/t16-/m0/s1. The second-order valence-corrected chi connectivity index (χ2v) is 6.59. The molecule has 1 atom stereocenters. The maximum absolute atomic E-state index is 11.0. The molecule has 3 aromatic rings. The number of benzene rings is 2. The third-order valence-electron chi connectivity index (χ3n) is 4.22. The minimum absolute atomic E-state index is 0.210. The molecule has 2 aromatic carbocycles. The molecule has 0 aliphatic rings. The molecule has 3 rings (SSSR count). The molecule has 0 aliphatic carbocycles. The molecular formula is C19H20ClN3O2. The van der Waals surface area contributed by atoms with Gasteiger partial charge in [-0.3, -0.25) is 4.79 Å². The maximum Gasteiger partial charge on any atom is 0.268 e. The summed E-state index contributed by atoms with van der Waals surface area (Å²) in [6.45, 7) is 0.394. The number of rotatable bonds is 7. The van der Waals surface area contributed by atoms with Crippen molar-refractivity contribution in [3.63, 3.8) is 0 Å². The summed E-state index contributed by atoms with van der Waals surface area (Å²) in [4.78, 5) is 14.9. The largest absolute Gasteiger partial charge is 0.391 e. The zero-order valence-electron chi connectivity index (χ0n) is 13.7. The molecule has 3 N–H and O–H groups in total. The first-order chi connectivity index (χ1) is 12.0. The lowest BCUT2D eigenvalue weighted by Gasteiger charge is -2.12. The minimum Gasteiger partial charge on any atom is -0.391 e. The molecule has 1 aromatic heterocycles. The van der Waals surface area contributed by atoms with Gasteiger partial charge in [-0.1, -0.05) is 35.9 Å². The van der Waals surface area contributed by atoms with Gasteiger partial charge in [0.2, 0.25) is 0 Å². The molecule has 0 fully saturated rings. The number of halogens is 1. The molecule has 1 amide bonds. The summed E-state index contributed by atoms with van der Waals surface area (Å²) in [5.41, 5.74) is 6.63. The van der Waals surface area contributed by atoms with E-state index in [-0.39, 0.29) is 5.69 Å². The third-order valence-corrected chi connectivity index (χ3v) is 4.46. The maximum atomic E-state index is 11.0. The van der Waals surface area contributed by atoms with Gasteiger partial charge in [0.15, 0.2) is 0 Å². The van der Waals surface area contributed by atoms with Gasteiger partial charge < -0.3 is 15.4 Å². The van der Waals surface area contributed by atoms with E-state index in [1.807, 2.05) is 24.3 Å². The van der Waals surface area contributed by atoms with Gasteiger partial charge in [0.25, 0.3) is 5.91 Å². The van der Waals surface area contributed by atoms with E-state index in [2.05, 4.69) is 17.1 Å². The van der Waals surface area contributed by atoms with Crippen LogP contribution in [0.15, 0.2) is 48.9 Å². The SMILES string of the molecule is NC(=O)c1cn(C[C@@H](O)CCCc2cccc3cc(Cl)ccc23)cn1. The zero-order valence-corrected chi connectivity index (χ0v) is 14.5. The van der Waals surface area contributed by atoms with Crippen LogP contribution in [0.2, 0.25) is 5.02 Å². The average molecular weight is 358 g/mol. The van der Waals surface area contributed by atoms with E-state index in [1.165, 1.54) is 17.3 Å². The molecule has 0 radical (unpaired) electrons. The van der Waals surface area contributed by atoms with Crippen molar-refractivity contribution in [2.75, 3.05) is 0 Å². The van der Waals surface area contributed by atoms with Crippen LogP contribution in [0.4, 0.5) is 0 Å². The summed E-state index contributed by atoms with van der Waals surface area (Å²) >= 11 is 6.05. The Labute approximate surface area is 151 Å². The normalized spacial score (nSPS) is 12.4. The molecule has 0 bridgehead atoms. The van der Waals surface area contributed by atoms with Crippen molar-refractivity contribution in [3.05, 3.63) is 65.2 Å². The number of carbonyl (C=O) groups is 1. The van der Waals surface area contributed by atoms with Gasteiger partial charge >= 0.3 is 0 Å². The molecule has 6 heteroatoms. The van der Waals surface area contributed by atoms with E-state index < -0.39 is 12.0 Å². The highest BCUT2D eigenvalue weighted by Crippen LogP contribution is 2.24. The first-order valence-corrected chi connectivity index (χ1v) is 8.57. The lowest BCUT2D eigenvalue weighted by Crippen LogP contribution is -2.15. The summed E-state index contributed by atoms with van der Waals surface area (Å²) in [6, 6.07) is 12.1. The van der Waals surface area contributed by atoms with E-state index in [0.717, 1.165) is 23.3 Å². The van der Waals surface area contributed by atoms with Crippen molar-refractivity contribution in [3.8, 4) is 0 Å². The minimum atomic E-state index is -0.565. The molecular weight excluding hydrogens is 338 g/mol. The van der Waals surface area contributed by atoms with Crippen LogP contribution in [0.3, 0.4) is 0 Å². The van der Waals surface area contributed by atoms with Crippen LogP contribution in [0, 0.1) is 0 Å². The van der Waals surface area contributed by atoms with E-state index in [9.17, 15) is 9.90 Å².